The first kappa shape index (κ1) is 11.8. The molecule has 16 heavy (non-hydrogen) atoms. The molecule has 2 fully saturated rings. The first-order valence-corrected chi connectivity index (χ1v) is 5.56. The molecule has 0 amide bonds. The Morgan fingerprint density at radius 3 is 2.75 bits per heavy atom. The van der Waals surface area contributed by atoms with E-state index in [-0.39, 0.29) is 12.4 Å². The second kappa shape index (κ2) is 4.69. The van der Waals surface area contributed by atoms with Crippen LogP contribution in [0.2, 0.25) is 0 Å². The topological polar surface area (TPSA) is 54.2 Å². The summed E-state index contributed by atoms with van der Waals surface area (Å²) in [6, 6.07) is 0.626. The average Bonchev–Trinajstić information content (AvgIpc) is 2.86. The van der Waals surface area contributed by atoms with Gasteiger partial charge >= 0.3 is 0 Å². The number of aromatic nitrogens is 2. The Hall–Kier alpha value is -0.650. The van der Waals surface area contributed by atoms with Gasteiger partial charge in [0.15, 0.2) is 5.82 Å². The molecule has 0 unspecified atom stereocenters. The monoisotopic (exact) mass is 244 g/mol. The maximum Gasteiger partial charge on any atom is 0.240 e. The van der Waals surface area contributed by atoms with E-state index in [1.165, 1.54) is 12.8 Å². The number of likely N-dealkylation sites (N-methyl/N-ethyl adjacent to an activating group) is 1. The number of hydrogen-bond acceptors (Lipinski definition) is 5. The lowest BCUT2D eigenvalue weighted by Crippen LogP contribution is -2.55. The molecule has 1 aliphatic heterocycles. The summed E-state index contributed by atoms with van der Waals surface area (Å²) in [5.41, 5.74) is 0. The number of rotatable bonds is 4. The van der Waals surface area contributed by atoms with Crippen LogP contribution >= 0.6 is 12.4 Å². The van der Waals surface area contributed by atoms with Crippen LogP contribution in [0.15, 0.2) is 4.52 Å². The van der Waals surface area contributed by atoms with E-state index in [4.69, 9.17) is 4.52 Å². The van der Waals surface area contributed by atoms with E-state index in [0.29, 0.717) is 12.0 Å². The summed E-state index contributed by atoms with van der Waals surface area (Å²) < 4.78 is 5.23. The minimum Gasteiger partial charge on any atom is -0.338 e. The Morgan fingerprint density at radius 2 is 2.19 bits per heavy atom. The summed E-state index contributed by atoms with van der Waals surface area (Å²) in [6.07, 6.45) is 2.45. The van der Waals surface area contributed by atoms with E-state index in [1.807, 2.05) is 0 Å². The molecule has 0 radical (unpaired) electrons. The summed E-state index contributed by atoms with van der Waals surface area (Å²) >= 11 is 0. The first-order chi connectivity index (χ1) is 7.33. The maximum atomic E-state index is 5.23. The summed E-state index contributed by atoms with van der Waals surface area (Å²) in [5, 5.41) is 7.26. The highest BCUT2D eigenvalue weighted by Gasteiger charge is 2.29. The molecule has 3 rings (SSSR count). The zero-order chi connectivity index (χ0) is 10.3. The quantitative estimate of drug-likeness (QED) is 0.848. The van der Waals surface area contributed by atoms with Gasteiger partial charge in [-0.05, 0) is 19.9 Å². The second-order valence-electron chi connectivity index (χ2n) is 4.55. The predicted molar refractivity (Wildman–Crippen MR) is 61.6 cm³/mol. The van der Waals surface area contributed by atoms with Crippen molar-refractivity contribution in [2.45, 2.75) is 31.3 Å². The Kier molecular flexibility index (Phi) is 3.47. The molecule has 1 saturated carbocycles. The van der Waals surface area contributed by atoms with Gasteiger partial charge in [-0.15, -0.1) is 12.4 Å². The number of nitrogens with one attached hydrogen (secondary N) is 1. The average molecular weight is 245 g/mol. The highest BCUT2D eigenvalue weighted by Crippen LogP contribution is 2.38. The highest BCUT2D eigenvalue weighted by molar-refractivity contribution is 5.85. The number of nitrogens with zero attached hydrogens (tertiary/aromatic N) is 3. The fourth-order valence-corrected chi connectivity index (χ4v) is 1.77. The van der Waals surface area contributed by atoms with Crippen LogP contribution in [-0.4, -0.2) is 41.2 Å². The van der Waals surface area contributed by atoms with E-state index in [2.05, 4.69) is 27.4 Å². The van der Waals surface area contributed by atoms with Gasteiger partial charge in [0.2, 0.25) is 5.89 Å². The van der Waals surface area contributed by atoms with Gasteiger partial charge in [0.05, 0.1) is 6.54 Å². The van der Waals surface area contributed by atoms with Crippen LogP contribution in [0.3, 0.4) is 0 Å². The minimum atomic E-state index is 0. The molecular weight excluding hydrogens is 228 g/mol. The SMILES string of the molecule is CN(Cc1nc(C2CC2)no1)C1CNC1.Cl. The molecule has 6 heteroatoms. The Bertz CT molecular complexity index is 348. The molecule has 1 N–H and O–H groups in total. The summed E-state index contributed by atoms with van der Waals surface area (Å²) in [4.78, 5) is 6.68. The minimum absolute atomic E-state index is 0. The van der Waals surface area contributed by atoms with Gasteiger partial charge in [0.25, 0.3) is 0 Å². The molecule has 1 aromatic rings. The van der Waals surface area contributed by atoms with Crippen LogP contribution in [0.4, 0.5) is 0 Å². The Morgan fingerprint density at radius 1 is 1.44 bits per heavy atom. The second-order valence-corrected chi connectivity index (χ2v) is 4.55. The van der Waals surface area contributed by atoms with Gasteiger partial charge in [-0.1, -0.05) is 5.16 Å². The third kappa shape index (κ3) is 2.36. The predicted octanol–water partition coefficient (Wildman–Crippen LogP) is 0.772. The number of halogens is 1. The van der Waals surface area contributed by atoms with Gasteiger partial charge in [0.1, 0.15) is 0 Å². The first-order valence-electron chi connectivity index (χ1n) is 5.56. The van der Waals surface area contributed by atoms with Gasteiger partial charge < -0.3 is 9.84 Å². The molecule has 0 spiro atoms. The zero-order valence-corrected chi connectivity index (χ0v) is 10.2. The largest absolute Gasteiger partial charge is 0.338 e. The molecule has 2 heterocycles. The van der Waals surface area contributed by atoms with Crippen LogP contribution in [0.5, 0.6) is 0 Å². The standard InChI is InChI=1S/C10H16N4O.ClH/c1-14(8-4-11-5-8)6-9-12-10(13-15-9)7-2-3-7;/h7-8,11H,2-6H2,1H3;1H. The lowest BCUT2D eigenvalue weighted by Gasteiger charge is -2.34. The van der Waals surface area contributed by atoms with E-state index in [1.54, 1.807) is 0 Å². The van der Waals surface area contributed by atoms with Gasteiger partial charge in [-0.3, -0.25) is 4.90 Å². The normalized spacial score (nSPS) is 20.6. The summed E-state index contributed by atoms with van der Waals surface area (Å²) in [6.45, 7) is 2.91. The fourth-order valence-electron chi connectivity index (χ4n) is 1.77. The van der Waals surface area contributed by atoms with Crippen LogP contribution in [-0.2, 0) is 6.54 Å². The van der Waals surface area contributed by atoms with Crippen molar-refractivity contribution >= 4 is 12.4 Å². The van der Waals surface area contributed by atoms with Crippen molar-refractivity contribution in [2.24, 2.45) is 0 Å². The van der Waals surface area contributed by atoms with Crippen molar-refractivity contribution < 1.29 is 4.52 Å². The highest BCUT2D eigenvalue weighted by atomic mass is 35.5. The van der Waals surface area contributed by atoms with Crippen molar-refractivity contribution in [2.75, 3.05) is 20.1 Å². The molecular formula is C10H17ClN4O. The van der Waals surface area contributed by atoms with Crippen LogP contribution in [0.25, 0.3) is 0 Å². The molecule has 1 saturated heterocycles. The lowest BCUT2D eigenvalue weighted by molar-refractivity contribution is 0.155. The molecule has 0 atom stereocenters. The fraction of sp³-hybridized carbons (Fsp3) is 0.800. The third-order valence-electron chi connectivity index (χ3n) is 3.19. The maximum absolute atomic E-state index is 5.23. The van der Waals surface area contributed by atoms with Crippen LogP contribution < -0.4 is 5.32 Å². The molecule has 2 aliphatic rings. The number of hydrogen-bond donors (Lipinski definition) is 1. The summed E-state index contributed by atoms with van der Waals surface area (Å²) in [7, 11) is 2.10. The van der Waals surface area contributed by atoms with Crippen molar-refractivity contribution in [3.63, 3.8) is 0 Å². The van der Waals surface area contributed by atoms with Crippen LogP contribution in [0.1, 0.15) is 30.5 Å². The lowest BCUT2D eigenvalue weighted by atomic mass is 10.1. The molecule has 1 aliphatic carbocycles. The molecule has 90 valence electrons. The molecule has 0 aromatic carbocycles. The van der Waals surface area contributed by atoms with E-state index < -0.39 is 0 Å². The molecule has 0 bridgehead atoms. The smallest absolute Gasteiger partial charge is 0.240 e. The van der Waals surface area contributed by atoms with Crippen LogP contribution in [0, 0.1) is 0 Å². The Labute approximate surface area is 101 Å². The summed E-state index contributed by atoms with van der Waals surface area (Å²) in [5.74, 6) is 2.25. The molecule has 5 nitrogen and oxygen atoms in total. The van der Waals surface area contributed by atoms with E-state index >= 15 is 0 Å². The van der Waals surface area contributed by atoms with Crippen molar-refractivity contribution in [3.05, 3.63) is 11.7 Å². The van der Waals surface area contributed by atoms with Gasteiger partial charge in [-0.25, -0.2) is 0 Å². The van der Waals surface area contributed by atoms with Crippen molar-refractivity contribution in [3.8, 4) is 0 Å². The van der Waals surface area contributed by atoms with Gasteiger partial charge in [-0.2, -0.15) is 4.98 Å². The Balaban J connectivity index is 0.000000963. The van der Waals surface area contributed by atoms with Crippen molar-refractivity contribution in [1.82, 2.24) is 20.4 Å². The molecule has 1 aromatic heterocycles. The van der Waals surface area contributed by atoms with Gasteiger partial charge in [0, 0.05) is 25.0 Å². The van der Waals surface area contributed by atoms with Crippen molar-refractivity contribution in [1.29, 1.82) is 0 Å². The van der Waals surface area contributed by atoms with E-state index in [9.17, 15) is 0 Å². The third-order valence-corrected chi connectivity index (χ3v) is 3.19. The zero-order valence-electron chi connectivity index (χ0n) is 9.35. The van der Waals surface area contributed by atoms with E-state index in [0.717, 1.165) is 31.3 Å².